The number of anilines is 1. The molecule has 0 radical (unpaired) electrons. The minimum absolute atomic E-state index is 0.177. The van der Waals surface area contributed by atoms with Crippen LogP contribution in [0.1, 0.15) is 6.92 Å². The van der Waals surface area contributed by atoms with Crippen LogP contribution in [0.4, 0.5) is 5.69 Å². The Hall–Kier alpha value is -1.40. The van der Waals surface area contributed by atoms with E-state index in [2.05, 4.69) is 5.32 Å². The van der Waals surface area contributed by atoms with Crippen LogP contribution in [0.25, 0.3) is 0 Å². The summed E-state index contributed by atoms with van der Waals surface area (Å²) in [6.45, 7) is 1.39. The molecule has 0 unspecified atom stereocenters. The number of rotatable bonds is 6. The van der Waals surface area contributed by atoms with Crippen LogP contribution in [-0.4, -0.2) is 31.3 Å². The van der Waals surface area contributed by atoms with Gasteiger partial charge in [-0.15, -0.1) is 23.5 Å². The van der Waals surface area contributed by atoms with Crippen molar-refractivity contribution < 1.29 is 14.3 Å². The lowest BCUT2D eigenvalue weighted by Gasteiger charge is -2.12. The number of ketones is 1. The molecule has 0 saturated heterocycles. The van der Waals surface area contributed by atoms with E-state index in [9.17, 15) is 9.59 Å². The molecule has 0 bridgehead atoms. The first-order valence-electron chi connectivity index (χ1n) is 5.82. The summed E-state index contributed by atoms with van der Waals surface area (Å²) in [5.74, 6) is -0.115. The normalized spacial score (nSPS) is 9.80. The van der Waals surface area contributed by atoms with Crippen molar-refractivity contribution in [2.45, 2.75) is 6.92 Å². The van der Waals surface area contributed by atoms with Crippen LogP contribution < -0.4 is 10.1 Å². The smallest absolute Gasteiger partial charge is 0.261 e. The zero-order valence-electron chi connectivity index (χ0n) is 11.9. The summed E-state index contributed by atoms with van der Waals surface area (Å²) in [5, 5.41) is 2.72. The molecular formula is C14H17NO3S2. The third-order valence-corrected chi connectivity index (χ3v) is 4.66. The number of benzene rings is 1. The monoisotopic (exact) mass is 311 g/mol. The lowest BCUT2D eigenvalue weighted by Crippen LogP contribution is -2.20. The van der Waals surface area contributed by atoms with E-state index in [-0.39, 0.29) is 11.4 Å². The average Bonchev–Trinajstić information content (AvgIpc) is 2.44. The van der Waals surface area contributed by atoms with Crippen LogP contribution in [0.15, 0.2) is 34.1 Å². The highest BCUT2D eigenvalue weighted by molar-refractivity contribution is 8.21. The highest BCUT2D eigenvalue weighted by Crippen LogP contribution is 2.30. The van der Waals surface area contributed by atoms with Crippen molar-refractivity contribution in [1.29, 1.82) is 0 Å². The molecule has 20 heavy (non-hydrogen) atoms. The van der Waals surface area contributed by atoms with Gasteiger partial charge in [0.1, 0.15) is 11.3 Å². The highest BCUT2D eigenvalue weighted by atomic mass is 32.2. The number of nitrogens with one attached hydrogen (secondary N) is 1. The molecule has 0 aromatic heterocycles. The minimum Gasteiger partial charge on any atom is -0.495 e. The molecule has 0 aliphatic heterocycles. The number of hydrogen-bond donors (Lipinski definition) is 1. The molecule has 0 heterocycles. The molecular weight excluding hydrogens is 294 g/mol. The van der Waals surface area contributed by atoms with E-state index in [1.807, 2.05) is 18.6 Å². The molecule has 6 heteroatoms. The fourth-order valence-electron chi connectivity index (χ4n) is 1.62. The van der Waals surface area contributed by atoms with E-state index in [1.165, 1.54) is 37.6 Å². The predicted octanol–water partition coefficient (Wildman–Crippen LogP) is 3.16. The fourth-order valence-corrected chi connectivity index (χ4v) is 3.16. The summed E-state index contributed by atoms with van der Waals surface area (Å²) >= 11 is 2.77. The Labute approximate surface area is 127 Å². The summed E-state index contributed by atoms with van der Waals surface area (Å²) in [4.78, 5) is 24.0. The third kappa shape index (κ3) is 4.05. The fraction of sp³-hybridized carbons (Fsp3) is 0.286. The van der Waals surface area contributed by atoms with Crippen molar-refractivity contribution in [3.63, 3.8) is 0 Å². The third-order valence-electron chi connectivity index (χ3n) is 2.51. The van der Waals surface area contributed by atoms with Gasteiger partial charge in [0.05, 0.1) is 17.0 Å². The Bertz CT molecular complexity index is 535. The van der Waals surface area contributed by atoms with Gasteiger partial charge in [0.15, 0.2) is 5.78 Å². The number of ether oxygens (including phenoxy) is 1. The molecule has 0 saturated carbocycles. The average molecular weight is 311 g/mol. The maximum Gasteiger partial charge on any atom is 0.261 e. The molecule has 108 valence electrons. The number of Topliss-reactive ketones (excluding diaryl/α,β-unsaturated/α-hetero) is 1. The van der Waals surface area contributed by atoms with Gasteiger partial charge in [0, 0.05) is 0 Å². The van der Waals surface area contributed by atoms with Crippen molar-refractivity contribution in [2.24, 2.45) is 0 Å². The second-order valence-electron chi connectivity index (χ2n) is 3.78. The molecule has 0 aliphatic carbocycles. The van der Waals surface area contributed by atoms with Crippen molar-refractivity contribution in [3.8, 4) is 5.75 Å². The van der Waals surface area contributed by atoms with E-state index >= 15 is 0 Å². The maximum atomic E-state index is 12.3. The molecule has 0 fully saturated rings. The molecule has 4 nitrogen and oxygen atoms in total. The van der Waals surface area contributed by atoms with Crippen LogP contribution in [0.2, 0.25) is 0 Å². The van der Waals surface area contributed by atoms with Crippen LogP contribution in [0, 0.1) is 0 Å². The standard InChI is InChI=1S/C14H17NO3S2/c1-9(16)12(14(19-3)20-4)13(17)15-10-7-5-6-8-11(10)18-2/h5-8H,1-4H3,(H,15,17). The summed E-state index contributed by atoms with van der Waals surface area (Å²) in [6.07, 6.45) is 3.68. The number of hydrogen-bond acceptors (Lipinski definition) is 5. The Kier molecular flexibility index (Phi) is 6.67. The van der Waals surface area contributed by atoms with E-state index < -0.39 is 5.91 Å². The minimum atomic E-state index is -0.416. The SMILES string of the molecule is COc1ccccc1NC(=O)C(C(C)=O)=C(SC)SC. The van der Waals surface area contributed by atoms with Gasteiger partial charge in [-0.2, -0.15) is 0 Å². The van der Waals surface area contributed by atoms with E-state index in [4.69, 9.17) is 4.74 Å². The van der Waals surface area contributed by atoms with Crippen LogP contribution in [0.3, 0.4) is 0 Å². The number of methoxy groups -OCH3 is 1. The summed E-state index contributed by atoms with van der Waals surface area (Å²) < 4.78 is 5.87. The van der Waals surface area contributed by atoms with Gasteiger partial charge in [-0.25, -0.2) is 0 Å². The van der Waals surface area contributed by atoms with Gasteiger partial charge in [-0.3, -0.25) is 9.59 Å². The second-order valence-corrected chi connectivity index (χ2v) is 5.67. The van der Waals surface area contributed by atoms with Crippen LogP contribution in [0.5, 0.6) is 5.75 Å². The molecule has 1 aromatic carbocycles. The summed E-state index contributed by atoms with van der Waals surface area (Å²) in [5.41, 5.74) is 0.719. The van der Waals surface area contributed by atoms with E-state index in [0.717, 1.165) is 0 Å². The van der Waals surface area contributed by atoms with E-state index in [1.54, 1.807) is 18.2 Å². The van der Waals surface area contributed by atoms with Crippen LogP contribution >= 0.6 is 23.5 Å². The molecule has 0 spiro atoms. The first-order chi connectivity index (χ1) is 9.54. The Morgan fingerprint density at radius 1 is 1.15 bits per heavy atom. The number of thioether (sulfide) groups is 2. The lowest BCUT2D eigenvalue weighted by atomic mass is 10.2. The van der Waals surface area contributed by atoms with Crippen molar-refractivity contribution in [1.82, 2.24) is 0 Å². The van der Waals surface area contributed by atoms with Crippen molar-refractivity contribution >= 4 is 40.9 Å². The highest BCUT2D eigenvalue weighted by Gasteiger charge is 2.20. The molecule has 0 aliphatic rings. The number of amides is 1. The predicted molar refractivity (Wildman–Crippen MR) is 86.4 cm³/mol. The molecule has 1 N–H and O–H groups in total. The first kappa shape index (κ1) is 16.7. The van der Waals surface area contributed by atoms with Gasteiger partial charge < -0.3 is 10.1 Å². The Morgan fingerprint density at radius 2 is 1.75 bits per heavy atom. The van der Waals surface area contributed by atoms with E-state index in [0.29, 0.717) is 15.7 Å². The molecule has 1 amide bonds. The van der Waals surface area contributed by atoms with Crippen molar-refractivity contribution in [3.05, 3.63) is 34.1 Å². The zero-order valence-corrected chi connectivity index (χ0v) is 13.5. The number of carbonyl (C=O) groups is 2. The van der Waals surface area contributed by atoms with Crippen LogP contribution in [-0.2, 0) is 9.59 Å². The first-order valence-corrected chi connectivity index (χ1v) is 8.27. The molecule has 1 rings (SSSR count). The largest absolute Gasteiger partial charge is 0.495 e. The summed E-state index contributed by atoms with van der Waals surface area (Å²) in [6, 6.07) is 7.08. The topological polar surface area (TPSA) is 55.4 Å². The second kappa shape index (κ2) is 8.01. The quantitative estimate of drug-likeness (QED) is 0.497. The van der Waals surface area contributed by atoms with Crippen molar-refractivity contribution in [2.75, 3.05) is 24.9 Å². The molecule has 1 aromatic rings. The van der Waals surface area contributed by atoms with Gasteiger partial charge in [-0.05, 0) is 31.6 Å². The zero-order chi connectivity index (χ0) is 15.1. The Morgan fingerprint density at radius 3 is 2.25 bits per heavy atom. The number of carbonyl (C=O) groups excluding carboxylic acids is 2. The lowest BCUT2D eigenvalue weighted by molar-refractivity contribution is -0.118. The summed E-state index contributed by atoms with van der Waals surface area (Å²) in [7, 11) is 1.53. The van der Waals surface area contributed by atoms with Gasteiger partial charge in [-0.1, -0.05) is 12.1 Å². The molecule has 0 atom stereocenters. The van der Waals surface area contributed by atoms with Gasteiger partial charge in [0.2, 0.25) is 0 Å². The maximum absolute atomic E-state index is 12.3. The van der Waals surface area contributed by atoms with Gasteiger partial charge >= 0.3 is 0 Å². The van der Waals surface area contributed by atoms with Gasteiger partial charge in [0.25, 0.3) is 5.91 Å². The Balaban J connectivity index is 3.10. The number of para-hydroxylation sites is 2.